The lowest BCUT2D eigenvalue weighted by molar-refractivity contribution is 0.104. The summed E-state index contributed by atoms with van der Waals surface area (Å²) in [5.41, 5.74) is 1.56. The fourth-order valence-electron chi connectivity index (χ4n) is 2.78. The Labute approximate surface area is 113 Å². The number of hydrogen-bond acceptors (Lipinski definition) is 3. The quantitative estimate of drug-likeness (QED) is 0.875. The van der Waals surface area contributed by atoms with Crippen LogP contribution in [0.1, 0.15) is 30.6 Å². The summed E-state index contributed by atoms with van der Waals surface area (Å²) in [6, 6.07) is 4.48. The number of rotatable bonds is 4. The Morgan fingerprint density at radius 3 is 2.74 bits per heavy atom. The highest BCUT2D eigenvalue weighted by atomic mass is 19.1. The summed E-state index contributed by atoms with van der Waals surface area (Å²) >= 11 is 0. The lowest BCUT2D eigenvalue weighted by Gasteiger charge is -2.22. The van der Waals surface area contributed by atoms with Crippen molar-refractivity contribution in [2.75, 3.05) is 19.6 Å². The van der Waals surface area contributed by atoms with Crippen molar-refractivity contribution >= 4 is 0 Å². The normalized spacial score (nSPS) is 23.5. The summed E-state index contributed by atoms with van der Waals surface area (Å²) in [5.74, 6) is 0.0188. The minimum absolute atomic E-state index is 0.274. The molecular weight excluding hydrogens is 245 g/mol. The van der Waals surface area contributed by atoms with E-state index in [1.165, 1.54) is 12.1 Å². The van der Waals surface area contributed by atoms with Gasteiger partial charge >= 0.3 is 0 Å². The van der Waals surface area contributed by atoms with Crippen LogP contribution in [0.3, 0.4) is 0 Å². The average Bonchev–Trinajstić information content (AvgIpc) is 2.77. The molecule has 0 radical (unpaired) electrons. The average molecular weight is 267 g/mol. The number of β-amino-alcohol motifs (C(OH)–C–C–N with tert-alkyl or cyclic N) is 1. The molecule has 106 valence electrons. The molecule has 1 aromatic carbocycles. The van der Waals surface area contributed by atoms with E-state index in [0.29, 0.717) is 12.5 Å². The molecule has 1 heterocycles. The molecule has 0 aromatic heterocycles. The van der Waals surface area contributed by atoms with Gasteiger partial charge in [0, 0.05) is 13.1 Å². The van der Waals surface area contributed by atoms with Crippen molar-refractivity contribution in [2.45, 2.75) is 32.5 Å². The fraction of sp³-hybridized carbons (Fsp3) is 0.600. The Morgan fingerprint density at radius 2 is 2.16 bits per heavy atom. The van der Waals surface area contributed by atoms with Gasteiger partial charge in [-0.25, -0.2) is 4.39 Å². The molecule has 0 bridgehead atoms. The molecule has 19 heavy (non-hydrogen) atoms. The topological polar surface area (TPSA) is 43.7 Å². The molecule has 0 spiro atoms. The van der Waals surface area contributed by atoms with Crippen LogP contribution in [0.4, 0.5) is 4.39 Å². The molecule has 0 amide bonds. The second-order valence-electron chi connectivity index (χ2n) is 5.57. The van der Waals surface area contributed by atoms with Crippen LogP contribution in [0.5, 0.6) is 0 Å². The summed E-state index contributed by atoms with van der Waals surface area (Å²) in [6.45, 7) is 5.87. The van der Waals surface area contributed by atoms with Gasteiger partial charge in [0.05, 0.1) is 12.2 Å². The van der Waals surface area contributed by atoms with Crippen molar-refractivity contribution in [3.8, 4) is 0 Å². The lowest BCUT2D eigenvalue weighted by Crippen LogP contribution is -2.28. The fourth-order valence-corrected chi connectivity index (χ4v) is 2.78. The summed E-state index contributed by atoms with van der Waals surface area (Å²) in [5, 5.41) is 19.8. The van der Waals surface area contributed by atoms with Crippen LogP contribution in [0.25, 0.3) is 0 Å². The minimum Gasteiger partial charge on any atom is -0.393 e. The molecule has 1 saturated heterocycles. The third-order valence-electron chi connectivity index (χ3n) is 4.01. The number of halogens is 1. The number of likely N-dealkylation sites (tertiary alicyclic amines) is 1. The van der Waals surface area contributed by atoms with Crippen molar-refractivity contribution < 1.29 is 14.6 Å². The van der Waals surface area contributed by atoms with Gasteiger partial charge in [0.15, 0.2) is 0 Å². The monoisotopic (exact) mass is 267 g/mol. The van der Waals surface area contributed by atoms with Crippen LogP contribution < -0.4 is 0 Å². The van der Waals surface area contributed by atoms with E-state index >= 15 is 0 Å². The van der Waals surface area contributed by atoms with Crippen molar-refractivity contribution in [1.82, 2.24) is 4.90 Å². The second-order valence-corrected chi connectivity index (χ2v) is 5.57. The zero-order valence-corrected chi connectivity index (χ0v) is 11.5. The van der Waals surface area contributed by atoms with Crippen molar-refractivity contribution in [3.05, 3.63) is 35.1 Å². The maximum atomic E-state index is 13.0. The van der Waals surface area contributed by atoms with Crippen LogP contribution in [-0.4, -0.2) is 40.9 Å². The molecule has 1 aromatic rings. The molecule has 1 aliphatic heterocycles. The van der Waals surface area contributed by atoms with Gasteiger partial charge in [-0.3, -0.25) is 0 Å². The smallest absolute Gasteiger partial charge is 0.123 e. The summed E-state index contributed by atoms with van der Waals surface area (Å²) < 4.78 is 13.0. The van der Waals surface area contributed by atoms with E-state index in [1.54, 1.807) is 6.07 Å². The van der Waals surface area contributed by atoms with Gasteiger partial charge < -0.3 is 15.1 Å². The molecule has 2 N–H and O–H groups in total. The third-order valence-corrected chi connectivity index (χ3v) is 4.01. The number of aliphatic hydroxyl groups is 2. The standard InChI is InChI=1S/C15H22FNO2/c1-10-7-13(16)3-4-14(10)15(19)9-17-6-5-12(8-17)11(2)18/h3-4,7,11-12,15,18-19H,5-6,8-9H2,1-2H3. The minimum atomic E-state index is -0.603. The Hall–Kier alpha value is -0.970. The van der Waals surface area contributed by atoms with E-state index in [4.69, 9.17) is 0 Å². The van der Waals surface area contributed by atoms with Crippen LogP contribution in [0.2, 0.25) is 0 Å². The van der Waals surface area contributed by atoms with Gasteiger partial charge in [0.2, 0.25) is 0 Å². The molecule has 0 saturated carbocycles. The second kappa shape index (κ2) is 5.99. The first kappa shape index (κ1) is 14.4. The first-order valence-corrected chi connectivity index (χ1v) is 6.82. The largest absolute Gasteiger partial charge is 0.393 e. The third kappa shape index (κ3) is 3.53. The first-order valence-electron chi connectivity index (χ1n) is 6.82. The zero-order valence-electron chi connectivity index (χ0n) is 11.5. The Bertz CT molecular complexity index is 436. The van der Waals surface area contributed by atoms with Crippen LogP contribution in [0, 0.1) is 18.7 Å². The number of aliphatic hydroxyl groups excluding tert-OH is 2. The highest BCUT2D eigenvalue weighted by Crippen LogP contribution is 2.24. The molecule has 3 unspecified atom stereocenters. The predicted octanol–water partition coefficient (Wildman–Crippen LogP) is 1.87. The summed E-state index contributed by atoms with van der Waals surface area (Å²) in [4.78, 5) is 2.16. The molecule has 4 heteroatoms. The van der Waals surface area contributed by atoms with Crippen LogP contribution >= 0.6 is 0 Å². The molecular formula is C15H22FNO2. The summed E-state index contributed by atoms with van der Waals surface area (Å²) in [7, 11) is 0. The van der Waals surface area contributed by atoms with E-state index < -0.39 is 6.10 Å². The lowest BCUT2D eigenvalue weighted by atomic mass is 10.0. The van der Waals surface area contributed by atoms with E-state index in [2.05, 4.69) is 4.90 Å². The molecule has 1 fully saturated rings. The molecule has 0 aliphatic carbocycles. The Kier molecular flexibility index (Phi) is 4.55. The van der Waals surface area contributed by atoms with E-state index in [1.807, 2.05) is 13.8 Å². The zero-order chi connectivity index (χ0) is 14.0. The van der Waals surface area contributed by atoms with E-state index in [-0.39, 0.29) is 11.9 Å². The van der Waals surface area contributed by atoms with Gasteiger partial charge in [-0.1, -0.05) is 6.07 Å². The SMILES string of the molecule is Cc1cc(F)ccc1C(O)CN1CCC(C(C)O)C1. The number of nitrogens with zero attached hydrogens (tertiary/aromatic N) is 1. The van der Waals surface area contributed by atoms with E-state index in [9.17, 15) is 14.6 Å². The van der Waals surface area contributed by atoms with Crippen molar-refractivity contribution in [2.24, 2.45) is 5.92 Å². The predicted molar refractivity (Wildman–Crippen MR) is 72.3 cm³/mol. The molecule has 3 atom stereocenters. The van der Waals surface area contributed by atoms with Gasteiger partial charge in [-0.15, -0.1) is 0 Å². The highest BCUT2D eigenvalue weighted by molar-refractivity contribution is 5.28. The molecule has 2 rings (SSSR count). The number of hydrogen-bond donors (Lipinski definition) is 2. The van der Waals surface area contributed by atoms with Crippen molar-refractivity contribution in [1.29, 1.82) is 0 Å². The molecule has 1 aliphatic rings. The maximum Gasteiger partial charge on any atom is 0.123 e. The van der Waals surface area contributed by atoms with Crippen molar-refractivity contribution in [3.63, 3.8) is 0 Å². The first-order chi connectivity index (χ1) is 8.97. The van der Waals surface area contributed by atoms with Crippen LogP contribution in [-0.2, 0) is 0 Å². The molecule has 3 nitrogen and oxygen atoms in total. The summed E-state index contributed by atoms with van der Waals surface area (Å²) in [6.07, 6.45) is 0.0651. The number of benzene rings is 1. The Morgan fingerprint density at radius 1 is 1.42 bits per heavy atom. The van der Waals surface area contributed by atoms with Gasteiger partial charge in [0.1, 0.15) is 5.82 Å². The van der Waals surface area contributed by atoms with Gasteiger partial charge in [-0.05, 0) is 56.0 Å². The number of aryl methyl sites for hydroxylation is 1. The Balaban J connectivity index is 1.96. The van der Waals surface area contributed by atoms with Gasteiger partial charge in [-0.2, -0.15) is 0 Å². The van der Waals surface area contributed by atoms with Gasteiger partial charge in [0.25, 0.3) is 0 Å². The van der Waals surface area contributed by atoms with Crippen LogP contribution in [0.15, 0.2) is 18.2 Å². The van der Waals surface area contributed by atoms with E-state index in [0.717, 1.165) is 30.6 Å². The maximum absolute atomic E-state index is 13.0. The highest BCUT2D eigenvalue weighted by Gasteiger charge is 2.27.